The van der Waals surface area contributed by atoms with E-state index in [0.717, 1.165) is 12.8 Å². The number of amides is 1. The standard InChI is InChI=1S/C11H21NO3/c1-3-8(2)10(13)6-12-11(14)9-4-5-15-7-9/h8-10,13H,3-7H2,1-2H3,(H,12,14). The van der Waals surface area contributed by atoms with Crippen molar-refractivity contribution in [3.8, 4) is 0 Å². The highest BCUT2D eigenvalue weighted by atomic mass is 16.5. The number of aliphatic hydroxyl groups is 1. The lowest BCUT2D eigenvalue weighted by atomic mass is 10.0. The summed E-state index contributed by atoms with van der Waals surface area (Å²) in [5.41, 5.74) is 0. The minimum atomic E-state index is -0.443. The lowest BCUT2D eigenvalue weighted by Gasteiger charge is -2.18. The van der Waals surface area contributed by atoms with Crippen LogP contribution in [0.4, 0.5) is 0 Å². The molecule has 0 radical (unpaired) electrons. The topological polar surface area (TPSA) is 58.6 Å². The summed E-state index contributed by atoms with van der Waals surface area (Å²) in [5.74, 6) is 0.217. The molecule has 1 rings (SSSR count). The van der Waals surface area contributed by atoms with E-state index in [2.05, 4.69) is 5.32 Å². The van der Waals surface area contributed by atoms with Gasteiger partial charge in [0.15, 0.2) is 0 Å². The fourth-order valence-corrected chi connectivity index (χ4v) is 1.56. The molecule has 0 aromatic carbocycles. The third kappa shape index (κ3) is 3.80. The summed E-state index contributed by atoms with van der Waals surface area (Å²) in [6.07, 6.45) is 1.27. The van der Waals surface area contributed by atoms with Crippen molar-refractivity contribution in [2.45, 2.75) is 32.8 Å². The van der Waals surface area contributed by atoms with E-state index < -0.39 is 6.10 Å². The normalized spacial score (nSPS) is 24.9. The molecule has 1 aliphatic heterocycles. The number of ether oxygens (including phenoxy) is 1. The molecule has 3 unspecified atom stereocenters. The molecular formula is C11H21NO3. The Bertz CT molecular complexity index is 202. The first-order chi connectivity index (χ1) is 7.15. The number of hydrogen-bond donors (Lipinski definition) is 2. The summed E-state index contributed by atoms with van der Waals surface area (Å²) in [7, 11) is 0. The smallest absolute Gasteiger partial charge is 0.225 e. The first kappa shape index (κ1) is 12.5. The summed E-state index contributed by atoms with van der Waals surface area (Å²) < 4.78 is 5.13. The van der Waals surface area contributed by atoms with E-state index in [0.29, 0.717) is 19.8 Å². The fourth-order valence-electron chi connectivity index (χ4n) is 1.56. The predicted octanol–water partition coefficient (Wildman–Crippen LogP) is 0.546. The van der Waals surface area contributed by atoms with E-state index in [1.165, 1.54) is 0 Å². The number of hydrogen-bond acceptors (Lipinski definition) is 3. The second-order valence-corrected chi connectivity index (χ2v) is 4.26. The van der Waals surface area contributed by atoms with Crippen molar-refractivity contribution >= 4 is 5.91 Å². The molecule has 88 valence electrons. The van der Waals surface area contributed by atoms with Crippen LogP contribution in [0.3, 0.4) is 0 Å². The third-order valence-electron chi connectivity index (χ3n) is 3.09. The van der Waals surface area contributed by atoms with Crippen LogP contribution in [-0.4, -0.2) is 36.9 Å². The number of carbonyl (C=O) groups excluding carboxylic acids is 1. The van der Waals surface area contributed by atoms with Gasteiger partial charge in [0.2, 0.25) is 5.91 Å². The van der Waals surface area contributed by atoms with Crippen molar-refractivity contribution in [3.63, 3.8) is 0 Å². The van der Waals surface area contributed by atoms with Gasteiger partial charge in [0.05, 0.1) is 18.6 Å². The first-order valence-corrected chi connectivity index (χ1v) is 5.68. The molecule has 4 nitrogen and oxygen atoms in total. The zero-order chi connectivity index (χ0) is 11.3. The summed E-state index contributed by atoms with van der Waals surface area (Å²) >= 11 is 0. The van der Waals surface area contributed by atoms with E-state index in [9.17, 15) is 9.90 Å². The fraction of sp³-hybridized carbons (Fsp3) is 0.909. The summed E-state index contributed by atoms with van der Waals surface area (Å²) in [5, 5.41) is 12.4. The number of nitrogens with one attached hydrogen (secondary N) is 1. The van der Waals surface area contributed by atoms with Crippen LogP contribution in [0.5, 0.6) is 0 Å². The first-order valence-electron chi connectivity index (χ1n) is 5.68. The Morgan fingerprint density at radius 2 is 2.40 bits per heavy atom. The quantitative estimate of drug-likeness (QED) is 0.704. The van der Waals surface area contributed by atoms with Gasteiger partial charge in [-0.3, -0.25) is 4.79 Å². The van der Waals surface area contributed by atoms with Crippen LogP contribution in [0.1, 0.15) is 26.7 Å². The van der Waals surface area contributed by atoms with E-state index >= 15 is 0 Å². The molecule has 15 heavy (non-hydrogen) atoms. The van der Waals surface area contributed by atoms with Crippen molar-refractivity contribution in [1.29, 1.82) is 0 Å². The van der Waals surface area contributed by atoms with Crippen molar-refractivity contribution in [2.75, 3.05) is 19.8 Å². The van der Waals surface area contributed by atoms with Crippen molar-refractivity contribution < 1.29 is 14.6 Å². The van der Waals surface area contributed by atoms with Crippen LogP contribution in [0, 0.1) is 11.8 Å². The molecule has 1 aliphatic rings. The molecule has 0 saturated carbocycles. The molecule has 1 fully saturated rings. The molecule has 0 aromatic heterocycles. The minimum absolute atomic E-state index is 0.00912. The van der Waals surface area contributed by atoms with Crippen molar-refractivity contribution in [1.82, 2.24) is 5.32 Å². The monoisotopic (exact) mass is 215 g/mol. The van der Waals surface area contributed by atoms with Crippen LogP contribution in [0.25, 0.3) is 0 Å². The van der Waals surface area contributed by atoms with E-state index in [1.54, 1.807) is 0 Å². The maximum atomic E-state index is 11.6. The second kappa shape index (κ2) is 6.08. The van der Waals surface area contributed by atoms with Crippen LogP contribution in [0.15, 0.2) is 0 Å². The van der Waals surface area contributed by atoms with Gasteiger partial charge >= 0.3 is 0 Å². The lowest BCUT2D eigenvalue weighted by Crippen LogP contribution is -2.38. The third-order valence-corrected chi connectivity index (χ3v) is 3.09. The highest BCUT2D eigenvalue weighted by Crippen LogP contribution is 2.12. The largest absolute Gasteiger partial charge is 0.391 e. The lowest BCUT2D eigenvalue weighted by molar-refractivity contribution is -0.125. The average molecular weight is 215 g/mol. The minimum Gasteiger partial charge on any atom is -0.391 e. The molecule has 3 atom stereocenters. The maximum absolute atomic E-state index is 11.6. The van der Waals surface area contributed by atoms with Crippen molar-refractivity contribution in [3.05, 3.63) is 0 Å². The van der Waals surface area contributed by atoms with Crippen LogP contribution in [-0.2, 0) is 9.53 Å². The maximum Gasteiger partial charge on any atom is 0.225 e. The summed E-state index contributed by atoms with van der Waals surface area (Å²) in [4.78, 5) is 11.6. The van der Waals surface area contributed by atoms with Gasteiger partial charge in [0.25, 0.3) is 0 Å². The Morgan fingerprint density at radius 3 is 2.93 bits per heavy atom. The Morgan fingerprint density at radius 1 is 1.67 bits per heavy atom. The Labute approximate surface area is 91.0 Å². The zero-order valence-corrected chi connectivity index (χ0v) is 9.53. The van der Waals surface area contributed by atoms with Gasteiger partial charge in [-0.1, -0.05) is 20.3 Å². The molecule has 4 heteroatoms. The van der Waals surface area contributed by atoms with E-state index in [-0.39, 0.29) is 17.7 Å². The molecule has 1 amide bonds. The summed E-state index contributed by atoms with van der Waals surface area (Å²) in [6.45, 7) is 5.55. The number of carbonyl (C=O) groups is 1. The number of rotatable bonds is 5. The number of aliphatic hydroxyl groups excluding tert-OH is 1. The van der Waals surface area contributed by atoms with Gasteiger partial charge in [0, 0.05) is 13.2 Å². The molecule has 0 bridgehead atoms. The van der Waals surface area contributed by atoms with Gasteiger partial charge in [-0.15, -0.1) is 0 Å². The Balaban J connectivity index is 2.21. The van der Waals surface area contributed by atoms with Gasteiger partial charge < -0.3 is 15.2 Å². The zero-order valence-electron chi connectivity index (χ0n) is 9.53. The highest BCUT2D eigenvalue weighted by molar-refractivity contribution is 5.78. The molecule has 0 aliphatic carbocycles. The molecule has 2 N–H and O–H groups in total. The summed E-state index contributed by atoms with van der Waals surface area (Å²) in [6, 6.07) is 0. The van der Waals surface area contributed by atoms with E-state index in [1.807, 2.05) is 13.8 Å². The molecule has 0 spiro atoms. The van der Waals surface area contributed by atoms with Crippen LogP contribution >= 0.6 is 0 Å². The molecule has 1 saturated heterocycles. The molecular weight excluding hydrogens is 194 g/mol. The highest BCUT2D eigenvalue weighted by Gasteiger charge is 2.24. The van der Waals surface area contributed by atoms with Gasteiger partial charge in [-0.05, 0) is 12.3 Å². The Hall–Kier alpha value is -0.610. The second-order valence-electron chi connectivity index (χ2n) is 4.26. The van der Waals surface area contributed by atoms with Crippen LogP contribution < -0.4 is 5.32 Å². The van der Waals surface area contributed by atoms with Crippen LogP contribution in [0.2, 0.25) is 0 Å². The van der Waals surface area contributed by atoms with Crippen molar-refractivity contribution in [2.24, 2.45) is 11.8 Å². The van der Waals surface area contributed by atoms with Gasteiger partial charge in [0.1, 0.15) is 0 Å². The van der Waals surface area contributed by atoms with Gasteiger partial charge in [-0.2, -0.15) is 0 Å². The van der Waals surface area contributed by atoms with E-state index in [4.69, 9.17) is 4.74 Å². The molecule has 0 aromatic rings. The predicted molar refractivity (Wildman–Crippen MR) is 57.4 cm³/mol. The van der Waals surface area contributed by atoms with Gasteiger partial charge in [-0.25, -0.2) is 0 Å². The average Bonchev–Trinajstić information content (AvgIpc) is 2.77. The SMILES string of the molecule is CCC(C)C(O)CNC(=O)C1CCOC1. The Kier molecular flexibility index (Phi) is 5.05. The molecule has 1 heterocycles.